The predicted molar refractivity (Wildman–Crippen MR) is 69.9 cm³/mol. The second-order valence-corrected chi connectivity index (χ2v) is 4.74. The van der Waals surface area contributed by atoms with Gasteiger partial charge in [-0.1, -0.05) is 23.9 Å². The van der Waals surface area contributed by atoms with Crippen LogP contribution in [0.5, 0.6) is 0 Å². The summed E-state index contributed by atoms with van der Waals surface area (Å²) < 4.78 is 13.5. The van der Waals surface area contributed by atoms with Crippen LogP contribution in [0.3, 0.4) is 0 Å². The Kier molecular flexibility index (Phi) is 3.53. The molecule has 0 aliphatic carbocycles. The van der Waals surface area contributed by atoms with Crippen molar-refractivity contribution in [3.63, 3.8) is 0 Å². The van der Waals surface area contributed by atoms with E-state index >= 15 is 0 Å². The van der Waals surface area contributed by atoms with Crippen molar-refractivity contribution in [2.45, 2.75) is 9.79 Å². The van der Waals surface area contributed by atoms with Gasteiger partial charge in [-0.15, -0.1) is 0 Å². The fraction of sp³-hybridized carbons (Fsp3) is 0. The van der Waals surface area contributed by atoms with Gasteiger partial charge in [0.25, 0.3) is 0 Å². The van der Waals surface area contributed by atoms with Crippen molar-refractivity contribution >= 4 is 23.4 Å². The largest absolute Gasteiger partial charge is 0.399 e. The molecule has 18 heavy (non-hydrogen) atoms. The van der Waals surface area contributed by atoms with Gasteiger partial charge in [0.15, 0.2) is 0 Å². The zero-order valence-electron chi connectivity index (χ0n) is 9.39. The van der Waals surface area contributed by atoms with Crippen molar-refractivity contribution in [2.75, 3.05) is 5.73 Å². The average molecular weight is 262 g/mol. The number of amides is 1. The first kappa shape index (κ1) is 12.4. The fourth-order valence-corrected chi connectivity index (χ4v) is 2.43. The molecule has 0 aliphatic rings. The Morgan fingerprint density at radius 1 is 1.11 bits per heavy atom. The summed E-state index contributed by atoms with van der Waals surface area (Å²) in [6.07, 6.45) is 0. The van der Waals surface area contributed by atoms with Crippen LogP contribution in [-0.4, -0.2) is 5.91 Å². The summed E-state index contributed by atoms with van der Waals surface area (Å²) in [6, 6.07) is 11.1. The lowest BCUT2D eigenvalue weighted by Crippen LogP contribution is -2.12. The molecule has 0 spiro atoms. The van der Waals surface area contributed by atoms with Crippen LogP contribution in [0, 0.1) is 5.82 Å². The molecule has 0 fully saturated rings. The van der Waals surface area contributed by atoms with Gasteiger partial charge in [0.1, 0.15) is 5.82 Å². The minimum absolute atomic E-state index is 0.295. The molecule has 2 aromatic carbocycles. The predicted octanol–water partition coefficient (Wildman–Crippen LogP) is 2.66. The Morgan fingerprint density at radius 3 is 2.50 bits per heavy atom. The Morgan fingerprint density at radius 2 is 1.83 bits per heavy atom. The summed E-state index contributed by atoms with van der Waals surface area (Å²) in [5.74, 6) is -0.920. The molecule has 5 heteroatoms. The molecule has 0 saturated carbocycles. The monoisotopic (exact) mass is 262 g/mol. The van der Waals surface area contributed by atoms with Gasteiger partial charge in [-0.25, -0.2) is 4.39 Å². The summed E-state index contributed by atoms with van der Waals surface area (Å²) in [5.41, 5.74) is 11.6. The summed E-state index contributed by atoms with van der Waals surface area (Å²) in [4.78, 5) is 12.3. The molecule has 0 saturated heterocycles. The van der Waals surface area contributed by atoms with Gasteiger partial charge in [-0.05, 0) is 30.3 Å². The molecule has 4 N–H and O–H groups in total. The van der Waals surface area contributed by atoms with Gasteiger partial charge >= 0.3 is 0 Å². The SMILES string of the molecule is NC(=O)c1cc(N)ccc1Sc1ccccc1F. The van der Waals surface area contributed by atoms with E-state index < -0.39 is 5.91 Å². The number of nitrogens with two attached hydrogens (primary N) is 2. The van der Waals surface area contributed by atoms with Gasteiger partial charge in [0.2, 0.25) is 5.91 Å². The summed E-state index contributed by atoms with van der Waals surface area (Å²) in [6.45, 7) is 0. The van der Waals surface area contributed by atoms with Crippen molar-refractivity contribution in [1.29, 1.82) is 0 Å². The van der Waals surface area contributed by atoms with Crippen LogP contribution in [0.15, 0.2) is 52.3 Å². The van der Waals surface area contributed by atoms with E-state index in [1.807, 2.05) is 0 Å². The number of hydrogen-bond acceptors (Lipinski definition) is 3. The normalized spacial score (nSPS) is 10.3. The number of carbonyl (C=O) groups excluding carboxylic acids is 1. The number of nitrogen functional groups attached to an aromatic ring is 1. The average Bonchev–Trinajstić information content (AvgIpc) is 2.34. The molecule has 0 radical (unpaired) electrons. The lowest BCUT2D eigenvalue weighted by Gasteiger charge is -2.08. The van der Waals surface area contributed by atoms with Crippen molar-refractivity contribution in [3.05, 3.63) is 53.8 Å². The smallest absolute Gasteiger partial charge is 0.249 e. The van der Waals surface area contributed by atoms with Gasteiger partial charge in [0, 0.05) is 15.5 Å². The van der Waals surface area contributed by atoms with Crippen LogP contribution in [0.4, 0.5) is 10.1 Å². The first-order chi connectivity index (χ1) is 8.58. The number of rotatable bonds is 3. The van der Waals surface area contributed by atoms with Gasteiger partial charge in [0.05, 0.1) is 5.56 Å². The number of benzene rings is 2. The minimum Gasteiger partial charge on any atom is -0.399 e. The zero-order chi connectivity index (χ0) is 13.1. The molecule has 0 atom stereocenters. The van der Waals surface area contributed by atoms with Gasteiger partial charge in [-0.3, -0.25) is 4.79 Å². The highest BCUT2D eigenvalue weighted by molar-refractivity contribution is 7.99. The maximum Gasteiger partial charge on any atom is 0.249 e. The minimum atomic E-state index is -0.582. The first-order valence-corrected chi connectivity index (χ1v) is 6.01. The Bertz CT molecular complexity index is 601. The molecule has 1 amide bonds. The lowest BCUT2D eigenvalue weighted by molar-refractivity contribution is 0.0997. The van der Waals surface area contributed by atoms with E-state index in [4.69, 9.17) is 11.5 Å². The van der Waals surface area contributed by atoms with E-state index in [-0.39, 0.29) is 5.82 Å². The summed E-state index contributed by atoms with van der Waals surface area (Å²) in [7, 11) is 0. The highest BCUT2D eigenvalue weighted by atomic mass is 32.2. The molecule has 3 nitrogen and oxygen atoms in total. The van der Waals surface area contributed by atoms with Crippen LogP contribution < -0.4 is 11.5 Å². The zero-order valence-corrected chi connectivity index (χ0v) is 10.2. The van der Waals surface area contributed by atoms with Crippen LogP contribution in [0.2, 0.25) is 0 Å². The molecule has 2 aromatic rings. The lowest BCUT2D eigenvalue weighted by atomic mass is 10.2. The Labute approximate surface area is 108 Å². The molecule has 0 aliphatic heterocycles. The number of halogens is 1. The topological polar surface area (TPSA) is 69.1 Å². The number of primary amides is 1. The van der Waals surface area contributed by atoms with Crippen molar-refractivity contribution in [1.82, 2.24) is 0 Å². The molecule has 0 aromatic heterocycles. The quantitative estimate of drug-likeness (QED) is 0.835. The fourth-order valence-electron chi connectivity index (χ4n) is 1.48. The van der Waals surface area contributed by atoms with Gasteiger partial charge in [-0.2, -0.15) is 0 Å². The van der Waals surface area contributed by atoms with E-state index in [2.05, 4.69) is 0 Å². The van der Waals surface area contributed by atoms with E-state index in [9.17, 15) is 9.18 Å². The van der Waals surface area contributed by atoms with E-state index in [1.54, 1.807) is 30.3 Å². The van der Waals surface area contributed by atoms with E-state index in [0.29, 0.717) is 21.0 Å². The third-order valence-corrected chi connectivity index (χ3v) is 3.45. The molecule has 0 bridgehead atoms. The standard InChI is InChI=1S/C13H11FN2OS/c14-10-3-1-2-4-12(10)18-11-6-5-8(15)7-9(11)13(16)17/h1-7H,15H2,(H2,16,17). The summed E-state index contributed by atoms with van der Waals surface area (Å²) >= 11 is 1.15. The van der Waals surface area contributed by atoms with E-state index in [1.165, 1.54) is 12.1 Å². The number of carbonyl (C=O) groups is 1. The van der Waals surface area contributed by atoms with E-state index in [0.717, 1.165) is 11.8 Å². The molecular formula is C13H11FN2OS. The molecular weight excluding hydrogens is 251 g/mol. The summed E-state index contributed by atoms with van der Waals surface area (Å²) in [5, 5.41) is 0. The van der Waals surface area contributed by atoms with Crippen molar-refractivity contribution in [2.24, 2.45) is 5.73 Å². The second kappa shape index (κ2) is 5.10. The molecule has 92 valence electrons. The highest BCUT2D eigenvalue weighted by Gasteiger charge is 2.11. The molecule has 0 unspecified atom stereocenters. The molecule has 0 heterocycles. The van der Waals surface area contributed by atoms with Crippen LogP contribution in [0.25, 0.3) is 0 Å². The van der Waals surface area contributed by atoms with Crippen molar-refractivity contribution < 1.29 is 9.18 Å². The third-order valence-electron chi connectivity index (χ3n) is 2.33. The van der Waals surface area contributed by atoms with Crippen LogP contribution in [0.1, 0.15) is 10.4 Å². The van der Waals surface area contributed by atoms with Crippen molar-refractivity contribution in [3.8, 4) is 0 Å². The Hall–Kier alpha value is -2.01. The maximum atomic E-state index is 13.5. The first-order valence-electron chi connectivity index (χ1n) is 5.19. The number of anilines is 1. The highest BCUT2D eigenvalue weighted by Crippen LogP contribution is 2.32. The second-order valence-electron chi connectivity index (χ2n) is 3.65. The maximum absolute atomic E-state index is 13.5. The Balaban J connectivity index is 2.41. The van der Waals surface area contributed by atoms with Crippen LogP contribution in [-0.2, 0) is 0 Å². The third kappa shape index (κ3) is 2.62. The van der Waals surface area contributed by atoms with Gasteiger partial charge < -0.3 is 11.5 Å². The number of hydrogen-bond donors (Lipinski definition) is 2. The van der Waals surface area contributed by atoms with Crippen LogP contribution >= 0.6 is 11.8 Å². The molecule has 2 rings (SSSR count).